The van der Waals surface area contributed by atoms with E-state index in [-0.39, 0.29) is 17.9 Å². The van der Waals surface area contributed by atoms with Crippen molar-refractivity contribution in [1.29, 1.82) is 0 Å². The van der Waals surface area contributed by atoms with E-state index in [4.69, 9.17) is 0 Å². The van der Waals surface area contributed by atoms with Gasteiger partial charge in [0.15, 0.2) is 6.54 Å². The fourth-order valence-electron chi connectivity index (χ4n) is 3.56. The van der Waals surface area contributed by atoms with Crippen LogP contribution in [0.15, 0.2) is 24.3 Å². The van der Waals surface area contributed by atoms with E-state index in [0.29, 0.717) is 6.54 Å². The lowest BCUT2D eigenvalue weighted by molar-refractivity contribution is -0.895. The topological polar surface area (TPSA) is 45.1 Å². The fraction of sp³-hybridized carbons (Fsp3) is 0.529. The van der Waals surface area contributed by atoms with Crippen LogP contribution in [-0.4, -0.2) is 55.5 Å². The van der Waals surface area contributed by atoms with E-state index in [2.05, 4.69) is 13.0 Å². The molecule has 1 aromatic carbocycles. The molecule has 0 bridgehead atoms. The summed E-state index contributed by atoms with van der Waals surface area (Å²) < 4.78 is 0. The molecule has 1 aromatic rings. The highest BCUT2D eigenvalue weighted by Crippen LogP contribution is 2.31. The lowest BCUT2D eigenvalue weighted by atomic mass is 10.1. The molecule has 1 fully saturated rings. The Labute approximate surface area is 131 Å². The molecule has 5 nitrogen and oxygen atoms in total. The Morgan fingerprint density at radius 1 is 1.23 bits per heavy atom. The van der Waals surface area contributed by atoms with Crippen LogP contribution in [0.5, 0.6) is 0 Å². The Morgan fingerprint density at radius 3 is 2.59 bits per heavy atom. The minimum Gasteiger partial charge on any atom is -0.332 e. The van der Waals surface area contributed by atoms with Crippen molar-refractivity contribution in [2.75, 3.05) is 37.6 Å². The Bertz CT molecular complexity index is 579. The molecular formula is C17H24N3O2+. The summed E-state index contributed by atoms with van der Waals surface area (Å²) in [5.74, 6) is 0.330. The van der Waals surface area contributed by atoms with Gasteiger partial charge in [0, 0.05) is 18.7 Å². The Morgan fingerprint density at radius 2 is 1.91 bits per heavy atom. The average Bonchev–Trinajstić information content (AvgIpc) is 2.83. The molecule has 0 saturated carbocycles. The van der Waals surface area contributed by atoms with Crippen LogP contribution in [0, 0.1) is 0 Å². The summed E-state index contributed by atoms with van der Waals surface area (Å²) in [6, 6.07) is 8.42. The maximum atomic E-state index is 12.7. The normalized spacial score (nSPS) is 21.8. The van der Waals surface area contributed by atoms with Crippen LogP contribution in [0.2, 0.25) is 0 Å². The van der Waals surface area contributed by atoms with Gasteiger partial charge in [-0.2, -0.15) is 0 Å². The van der Waals surface area contributed by atoms with Gasteiger partial charge in [-0.1, -0.05) is 18.2 Å². The van der Waals surface area contributed by atoms with Crippen LogP contribution in [0.1, 0.15) is 19.4 Å². The molecule has 1 saturated heterocycles. The van der Waals surface area contributed by atoms with Gasteiger partial charge in [-0.25, -0.2) is 0 Å². The molecule has 2 aliphatic heterocycles. The first-order chi connectivity index (χ1) is 10.6. The van der Waals surface area contributed by atoms with Gasteiger partial charge in [0.2, 0.25) is 5.91 Å². The summed E-state index contributed by atoms with van der Waals surface area (Å²) in [5, 5.41) is 0. The monoisotopic (exact) mass is 302 g/mol. The SMILES string of the molecule is CC(=O)N1CC[NH+](CC(=O)N2c3ccccc3C[C@H]2C)CC1. The standard InChI is InChI=1S/C17H23N3O2/c1-13-11-15-5-3-4-6-16(15)20(13)17(22)12-18-7-9-19(10-8-18)14(2)21/h3-6,13H,7-12H2,1-2H3/p+1/t13-/m1/s1. The van der Waals surface area contributed by atoms with Crippen LogP contribution < -0.4 is 9.80 Å². The number of amides is 2. The van der Waals surface area contributed by atoms with Crippen LogP contribution in [0.4, 0.5) is 5.69 Å². The second-order valence-corrected chi connectivity index (χ2v) is 6.38. The number of benzene rings is 1. The lowest BCUT2D eigenvalue weighted by Gasteiger charge is -2.32. The van der Waals surface area contributed by atoms with Gasteiger partial charge in [0.05, 0.1) is 26.2 Å². The minimum atomic E-state index is 0.132. The van der Waals surface area contributed by atoms with E-state index >= 15 is 0 Å². The van der Waals surface area contributed by atoms with Gasteiger partial charge < -0.3 is 14.7 Å². The molecule has 0 unspecified atom stereocenters. The molecule has 0 radical (unpaired) electrons. The molecule has 0 spiro atoms. The van der Waals surface area contributed by atoms with Crippen molar-refractivity contribution in [2.45, 2.75) is 26.3 Å². The zero-order chi connectivity index (χ0) is 15.7. The number of hydrogen-bond acceptors (Lipinski definition) is 2. The van der Waals surface area contributed by atoms with Gasteiger partial charge in [-0.15, -0.1) is 0 Å². The number of carbonyl (C=O) groups excluding carboxylic acids is 2. The van der Waals surface area contributed by atoms with E-state index < -0.39 is 0 Å². The Balaban J connectivity index is 1.62. The van der Waals surface area contributed by atoms with Crippen molar-refractivity contribution >= 4 is 17.5 Å². The quantitative estimate of drug-likeness (QED) is 0.816. The number of quaternary nitrogens is 1. The van der Waals surface area contributed by atoms with Crippen LogP contribution in [0.3, 0.4) is 0 Å². The van der Waals surface area contributed by atoms with E-state index in [0.717, 1.165) is 38.3 Å². The molecule has 2 aliphatic rings. The second-order valence-electron chi connectivity index (χ2n) is 6.38. The minimum absolute atomic E-state index is 0.132. The molecule has 0 aromatic heterocycles. The number of para-hydroxylation sites is 1. The number of fused-ring (bicyclic) bond motifs is 1. The predicted octanol–water partition coefficient (Wildman–Crippen LogP) is -0.289. The highest BCUT2D eigenvalue weighted by atomic mass is 16.2. The van der Waals surface area contributed by atoms with Crippen molar-refractivity contribution in [3.63, 3.8) is 0 Å². The molecule has 118 valence electrons. The third-order valence-corrected chi connectivity index (χ3v) is 4.79. The molecule has 2 amide bonds. The van der Waals surface area contributed by atoms with E-state index in [1.54, 1.807) is 6.92 Å². The zero-order valence-electron chi connectivity index (χ0n) is 13.3. The molecule has 3 rings (SSSR count). The molecule has 2 heterocycles. The molecular weight excluding hydrogens is 278 g/mol. The van der Waals surface area contributed by atoms with Crippen LogP contribution in [0.25, 0.3) is 0 Å². The van der Waals surface area contributed by atoms with Gasteiger partial charge in [0.1, 0.15) is 0 Å². The maximum Gasteiger partial charge on any atom is 0.282 e. The van der Waals surface area contributed by atoms with E-state index in [1.165, 1.54) is 10.5 Å². The van der Waals surface area contributed by atoms with E-state index in [9.17, 15) is 9.59 Å². The Hall–Kier alpha value is -1.88. The summed E-state index contributed by atoms with van der Waals surface area (Å²) in [7, 11) is 0. The van der Waals surface area contributed by atoms with Gasteiger partial charge in [0.25, 0.3) is 5.91 Å². The first kappa shape index (κ1) is 15.0. The number of anilines is 1. The first-order valence-corrected chi connectivity index (χ1v) is 8.05. The zero-order valence-corrected chi connectivity index (χ0v) is 13.3. The second kappa shape index (κ2) is 6.08. The number of rotatable bonds is 2. The van der Waals surface area contributed by atoms with Crippen molar-refractivity contribution < 1.29 is 14.5 Å². The summed E-state index contributed by atoms with van der Waals surface area (Å²) in [6.45, 7) is 7.46. The summed E-state index contributed by atoms with van der Waals surface area (Å²) in [5.41, 5.74) is 2.33. The van der Waals surface area contributed by atoms with Crippen molar-refractivity contribution in [3.8, 4) is 0 Å². The highest BCUT2D eigenvalue weighted by Gasteiger charge is 2.33. The van der Waals surface area contributed by atoms with Gasteiger partial charge in [-0.05, 0) is 25.0 Å². The number of nitrogens with zero attached hydrogens (tertiary/aromatic N) is 2. The molecule has 22 heavy (non-hydrogen) atoms. The van der Waals surface area contributed by atoms with Crippen LogP contribution >= 0.6 is 0 Å². The molecule has 1 atom stereocenters. The van der Waals surface area contributed by atoms with Crippen molar-refractivity contribution in [3.05, 3.63) is 29.8 Å². The predicted molar refractivity (Wildman–Crippen MR) is 84.9 cm³/mol. The summed E-state index contributed by atoms with van der Waals surface area (Å²) in [6.07, 6.45) is 0.940. The highest BCUT2D eigenvalue weighted by molar-refractivity contribution is 5.96. The largest absolute Gasteiger partial charge is 0.332 e. The van der Waals surface area contributed by atoms with Crippen molar-refractivity contribution in [1.82, 2.24) is 4.90 Å². The summed E-state index contributed by atoms with van der Waals surface area (Å²) >= 11 is 0. The fourth-order valence-corrected chi connectivity index (χ4v) is 3.56. The van der Waals surface area contributed by atoms with Crippen LogP contribution in [-0.2, 0) is 16.0 Å². The maximum absolute atomic E-state index is 12.7. The number of piperazine rings is 1. The molecule has 0 aliphatic carbocycles. The smallest absolute Gasteiger partial charge is 0.282 e. The first-order valence-electron chi connectivity index (χ1n) is 8.05. The van der Waals surface area contributed by atoms with Gasteiger partial charge in [-0.3, -0.25) is 9.59 Å². The Kier molecular flexibility index (Phi) is 4.16. The van der Waals surface area contributed by atoms with E-state index in [1.807, 2.05) is 28.0 Å². The lowest BCUT2D eigenvalue weighted by Crippen LogP contribution is -3.15. The molecule has 1 N–H and O–H groups in total. The molecule has 5 heteroatoms. The average molecular weight is 302 g/mol. The number of carbonyl (C=O) groups is 2. The third-order valence-electron chi connectivity index (χ3n) is 4.79. The number of hydrogen-bond donors (Lipinski definition) is 1. The third kappa shape index (κ3) is 2.86. The van der Waals surface area contributed by atoms with Crippen molar-refractivity contribution in [2.24, 2.45) is 0 Å². The number of nitrogens with one attached hydrogen (secondary N) is 1. The summed E-state index contributed by atoms with van der Waals surface area (Å²) in [4.78, 5) is 29.2. The van der Waals surface area contributed by atoms with Gasteiger partial charge >= 0.3 is 0 Å².